The quantitative estimate of drug-likeness (QED) is 0.931. The van der Waals surface area contributed by atoms with Gasteiger partial charge in [0.15, 0.2) is 0 Å². The molecule has 0 aliphatic heterocycles. The standard InChI is InChI=1S/C14H18N4S/c1-9-13(15)16-10(2)17-14(9)18(12-3-4-12)7-11-5-6-19-8-11/h5-6,8,12H,3-4,7H2,1-2H3,(H2,15,16,17). The van der Waals surface area contributed by atoms with E-state index in [1.807, 2.05) is 13.8 Å². The number of aromatic nitrogens is 2. The molecule has 100 valence electrons. The summed E-state index contributed by atoms with van der Waals surface area (Å²) >= 11 is 1.74. The van der Waals surface area contributed by atoms with E-state index in [0.717, 1.165) is 23.8 Å². The molecule has 0 atom stereocenters. The van der Waals surface area contributed by atoms with Gasteiger partial charge in [-0.25, -0.2) is 9.97 Å². The van der Waals surface area contributed by atoms with E-state index < -0.39 is 0 Å². The summed E-state index contributed by atoms with van der Waals surface area (Å²) in [6, 6.07) is 2.78. The summed E-state index contributed by atoms with van der Waals surface area (Å²) < 4.78 is 0. The second kappa shape index (κ2) is 4.81. The number of hydrogen-bond donors (Lipinski definition) is 1. The van der Waals surface area contributed by atoms with Gasteiger partial charge in [0.1, 0.15) is 17.5 Å². The first-order chi connectivity index (χ1) is 9.15. The summed E-state index contributed by atoms with van der Waals surface area (Å²) in [6.45, 7) is 4.81. The van der Waals surface area contributed by atoms with Gasteiger partial charge in [-0.1, -0.05) is 0 Å². The largest absolute Gasteiger partial charge is 0.383 e. The number of nitrogens with two attached hydrogens (primary N) is 1. The van der Waals surface area contributed by atoms with Crippen molar-refractivity contribution in [1.82, 2.24) is 9.97 Å². The summed E-state index contributed by atoms with van der Waals surface area (Å²) in [7, 11) is 0. The highest BCUT2D eigenvalue weighted by molar-refractivity contribution is 7.07. The van der Waals surface area contributed by atoms with Crippen molar-refractivity contribution in [2.75, 3.05) is 10.6 Å². The molecule has 19 heavy (non-hydrogen) atoms. The third kappa shape index (κ3) is 2.56. The number of aryl methyl sites for hydroxylation is 1. The minimum absolute atomic E-state index is 0.596. The van der Waals surface area contributed by atoms with E-state index in [2.05, 4.69) is 31.7 Å². The molecule has 2 heterocycles. The lowest BCUT2D eigenvalue weighted by Gasteiger charge is -2.25. The molecule has 1 aliphatic carbocycles. The topological polar surface area (TPSA) is 55.0 Å². The summed E-state index contributed by atoms with van der Waals surface area (Å²) in [4.78, 5) is 11.2. The van der Waals surface area contributed by atoms with Crippen molar-refractivity contribution >= 4 is 23.0 Å². The van der Waals surface area contributed by atoms with Crippen LogP contribution in [0.25, 0.3) is 0 Å². The molecule has 2 N–H and O–H groups in total. The van der Waals surface area contributed by atoms with Gasteiger partial charge in [-0.15, -0.1) is 0 Å². The molecule has 0 spiro atoms. The number of anilines is 2. The molecule has 0 aromatic carbocycles. The predicted molar refractivity (Wildman–Crippen MR) is 79.4 cm³/mol. The first-order valence-electron chi connectivity index (χ1n) is 6.53. The molecule has 0 bridgehead atoms. The Morgan fingerprint density at radius 3 is 2.79 bits per heavy atom. The molecule has 1 saturated carbocycles. The maximum absolute atomic E-state index is 5.98. The molecular formula is C14H18N4S. The monoisotopic (exact) mass is 274 g/mol. The lowest BCUT2D eigenvalue weighted by molar-refractivity contribution is 0.768. The Balaban J connectivity index is 1.96. The SMILES string of the molecule is Cc1nc(N)c(C)c(N(Cc2ccsc2)C2CC2)n1. The van der Waals surface area contributed by atoms with Gasteiger partial charge < -0.3 is 10.6 Å². The second-order valence-corrected chi connectivity index (χ2v) is 5.88. The Morgan fingerprint density at radius 1 is 1.37 bits per heavy atom. The fraction of sp³-hybridized carbons (Fsp3) is 0.429. The van der Waals surface area contributed by atoms with Gasteiger partial charge in [0.2, 0.25) is 0 Å². The normalized spacial score (nSPS) is 14.6. The summed E-state index contributed by atoms with van der Waals surface area (Å²) in [5.41, 5.74) is 8.31. The molecule has 1 aliphatic rings. The van der Waals surface area contributed by atoms with E-state index in [9.17, 15) is 0 Å². The highest BCUT2D eigenvalue weighted by Gasteiger charge is 2.31. The van der Waals surface area contributed by atoms with Gasteiger partial charge in [-0.2, -0.15) is 11.3 Å². The predicted octanol–water partition coefficient (Wildman–Crippen LogP) is 2.91. The number of nitrogens with zero attached hydrogens (tertiary/aromatic N) is 3. The summed E-state index contributed by atoms with van der Waals surface area (Å²) in [6.07, 6.45) is 2.49. The van der Waals surface area contributed by atoms with Gasteiger partial charge in [0.05, 0.1) is 0 Å². The van der Waals surface area contributed by atoms with E-state index in [-0.39, 0.29) is 0 Å². The van der Waals surface area contributed by atoms with Gasteiger partial charge >= 0.3 is 0 Å². The first-order valence-corrected chi connectivity index (χ1v) is 7.48. The van der Waals surface area contributed by atoms with Gasteiger partial charge in [0.25, 0.3) is 0 Å². The maximum atomic E-state index is 5.98. The van der Waals surface area contributed by atoms with Crippen LogP contribution in [0.3, 0.4) is 0 Å². The molecule has 2 aromatic rings. The van der Waals surface area contributed by atoms with Crippen molar-refractivity contribution in [1.29, 1.82) is 0 Å². The fourth-order valence-electron chi connectivity index (χ4n) is 2.26. The van der Waals surface area contributed by atoms with Crippen LogP contribution < -0.4 is 10.6 Å². The molecule has 4 nitrogen and oxygen atoms in total. The van der Waals surface area contributed by atoms with Gasteiger partial charge in [-0.05, 0) is 49.1 Å². The number of thiophene rings is 1. The van der Waals surface area contributed by atoms with Gasteiger partial charge in [0, 0.05) is 18.2 Å². The van der Waals surface area contributed by atoms with Crippen LogP contribution in [0.4, 0.5) is 11.6 Å². The lowest BCUT2D eigenvalue weighted by Crippen LogP contribution is -2.27. The van der Waals surface area contributed by atoms with E-state index in [0.29, 0.717) is 11.9 Å². The number of nitrogen functional groups attached to an aromatic ring is 1. The van der Waals surface area contributed by atoms with Crippen LogP contribution in [0.2, 0.25) is 0 Å². The van der Waals surface area contributed by atoms with E-state index in [4.69, 9.17) is 5.73 Å². The van der Waals surface area contributed by atoms with E-state index >= 15 is 0 Å². The molecule has 0 amide bonds. The number of hydrogen-bond acceptors (Lipinski definition) is 5. The van der Waals surface area contributed by atoms with Crippen LogP contribution in [0.15, 0.2) is 16.8 Å². The zero-order valence-corrected chi connectivity index (χ0v) is 12.1. The van der Waals surface area contributed by atoms with Crippen LogP contribution in [-0.2, 0) is 6.54 Å². The molecule has 0 unspecified atom stereocenters. The highest BCUT2D eigenvalue weighted by atomic mass is 32.1. The van der Waals surface area contributed by atoms with Crippen molar-refractivity contribution in [3.8, 4) is 0 Å². The number of rotatable bonds is 4. The summed E-state index contributed by atoms with van der Waals surface area (Å²) in [5.74, 6) is 2.34. The Kier molecular flexibility index (Phi) is 3.14. The molecule has 1 fully saturated rings. The summed E-state index contributed by atoms with van der Waals surface area (Å²) in [5, 5.41) is 4.31. The third-order valence-electron chi connectivity index (χ3n) is 3.46. The zero-order chi connectivity index (χ0) is 13.4. The molecule has 3 rings (SSSR count). The van der Waals surface area contributed by atoms with Crippen molar-refractivity contribution in [3.05, 3.63) is 33.8 Å². The van der Waals surface area contributed by atoms with Crippen LogP contribution in [0.5, 0.6) is 0 Å². The molecule has 0 radical (unpaired) electrons. The fourth-order valence-corrected chi connectivity index (χ4v) is 2.92. The average Bonchev–Trinajstić information content (AvgIpc) is 3.09. The Bertz CT molecular complexity index is 575. The Hall–Kier alpha value is -1.62. The molecular weight excluding hydrogens is 256 g/mol. The van der Waals surface area contributed by atoms with Crippen LogP contribution in [0, 0.1) is 13.8 Å². The zero-order valence-electron chi connectivity index (χ0n) is 11.3. The van der Waals surface area contributed by atoms with Crippen molar-refractivity contribution in [2.45, 2.75) is 39.3 Å². The van der Waals surface area contributed by atoms with Crippen LogP contribution in [-0.4, -0.2) is 16.0 Å². The highest BCUT2D eigenvalue weighted by Crippen LogP contribution is 2.35. The van der Waals surface area contributed by atoms with Crippen molar-refractivity contribution < 1.29 is 0 Å². The molecule has 0 saturated heterocycles. The second-order valence-electron chi connectivity index (χ2n) is 5.10. The van der Waals surface area contributed by atoms with Crippen molar-refractivity contribution in [2.24, 2.45) is 0 Å². The maximum Gasteiger partial charge on any atom is 0.137 e. The van der Waals surface area contributed by atoms with Crippen LogP contribution >= 0.6 is 11.3 Å². The minimum Gasteiger partial charge on any atom is -0.383 e. The Morgan fingerprint density at radius 2 is 2.16 bits per heavy atom. The van der Waals surface area contributed by atoms with E-state index in [1.54, 1.807) is 11.3 Å². The van der Waals surface area contributed by atoms with E-state index in [1.165, 1.54) is 18.4 Å². The smallest absolute Gasteiger partial charge is 0.137 e. The minimum atomic E-state index is 0.596. The Labute approximate surface area is 117 Å². The lowest BCUT2D eigenvalue weighted by atomic mass is 10.2. The average molecular weight is 274 g/mol. The molecule has 2 aromatic heterocycles. The molecule has 5 heteroatoms. The first kappa shape index (κ1) is 12.4. The van der Waals surface area contributed by atoms with Crippen LogP contribution in [0.1, 0.15) is 29.8 Å². The van der Waals surface area contributed by atoms with Crippen molar-refractivity contribution in [3.63, 3.8) is 0 Å². The van der Waals surface area contributed by atoms with Gasteiger partial charge in [-0.3, -0.25) is 0 Å². The third-order valence-corrected chi connectivity index (χ3v) is 4.19.